The van der Waals surface area contributed by atoms with Crippen LogP contribution in [-0.4, -0.2) is 33.3 Å². The van der Waals surface area contributed by atoms with E-state index in [4.69, 9.17) is 5.11 Å². The van der Waals surface area contributed by atoms with Crippen LogP contribution in [0.1, 0.15) is 12.5 Å². The molecule has 0 aliphatic heterocycles. The summed E-state index contributed by atoms with van der Waals surface area (Å²) in [5.74, 6) is -1.31. The highest BCUT2D eigenvalue weighted by molar-refractivity contribution is 5.76. The third-order valence-corrected chi connectivity index (χ3v) is 2.41. The maximum Gasteiger partial charge on any atom is 0.336 e. The minimum absolute atomic E-state index is 0.00344. The van der Waals surface area contributed by atoms with Gasteiger partial charge in [0, 0.05) is 25.2 Å². The van der Waals surface area contributed by atoms with Crippen LogP contribution in [-0.2, 0) is 11.3 Å². The number of hydrogen-bond donors (Lipinski definition) is 3. The molecule has 98 valence electrons. The highest BCUT2D eigenvalue weighted by atomic mass is 16.6. The zero-order valence-corrected chi connectivity index (χ0v) is 9.79. The Morgan fingerprint density at radius 1 is 1.44 bits per heavy atom. The van der Waals surface area contributed by atoms with Gasteiger partial charge in [-0.15, -0.1) is 0 Å². The molecule has 3 N–H and O–H groups in total. The third kappa shape index (κ3) is 3.79. The van der Waals surface area contributed by atoms with Gasteiger partial charge in [-0.3, -0.25) is 10.1 Å². The monoisotopic (exact) mass is 254 g/mol. The van der Waals surface area contributed by atoms with Crippen LogP contribution in [0.3, 0.4) is 0 Å². The SMILES string of the molecule is CC(O)(CNCc1ccc([N+](=O)[O-])cc1)C(=O)O. The van der Waals surface area contributed by atoms with Gasteiger partial charge in [0.05, 0.1) is 4.92 Å². The molecule has 18 heavy (non-hydrogen) atoms. The fraction of sp³-hybridized carbons (Fsp3) is 0.364. The molecule has 0 heterocycles. The Morgan fingerprint density at radius 3 is 2.44 bits per heavy atom. The molecule has 0 spiro atoms. The summed E-state index contributed by atoms with van der Waals surface area (Å²) in [6, 6.07) is 5.87. The molecule has 0 saturated carbocycles. The van der Waals surface area contributed by atoms with E-state index >= 15 is 0 Å². The Labute approximate surface area is 103 Å². The molecule has 0 amide bonds. The first-order chi connectivity index (χ1) is 8.33. The average molecular weight is 254 g/mol. The van der Waals surface area contributed by atoms with Crippen molar-refractivity contribution < 1.29 is 19.9 Å². The number of nitro groups is 1. The largest absolute Gasteiger partial charge is 0.479 e. The maximum atomic E-state index is 10.6. The number of carboxylic acids is 1. The molecule has 0 saturated heterocycles. The lowest BCUT2D eigenvalue weighted by molar-refractivity contribution is -0.384. The van der Waals surface area contributed by atoms with E-state index in [1.165, 1.54) is 19.1 Å². The number of non-ortho nitro benzene ring substituents is 1. The van der Waals surface area contributed by atoms with E-state index in [1.54, 1.807) is 12.1 Å². The van der Waals surface area contributed by atoms with Gasteiger partial charge in [0.15, 0.2) is 5.60 Å². The van der Waals surface area contributed by atoms with Crippen LogP contribution in [0.25, 0.3) is 0 Å². The predicted octanol–water partition coefficient (Wildman–Crippen LogP) is 0.520. The molecule has 0 aromatic heterocycles. The molecule has 0 fully saturated rings. The molecule has 7 heteroatoms. The molecule has 0 radical (unpaired) electrons. The third-order valence-electron chi connectivity index (χ3n) is 2.41. The van der Waals surface area contributed by atoms with Crippen molar-refractivity contribution >= 4 is 11.7 Å². The Hall–Kier alpha value is -1.99. The summed E-state index contributed by atoms with van der Waals surface area (Å²) in [4.78, 5) is 20.5. The van der Waals surface area contributed by atoms with E-state index in [-0.39, 0.29) is 12.2 Å². The van der Waals surface area contributed by atoms with Crippen molar-refractivity contribution in [2.45, 2.75) is 19.1 Å². The van der Waals surface area contributed by atoms with E-state index in [0.29, 0.717) is 6.54 Å². The van der Waals surface area contributed by atoms with E-state index in [1.807, 2.05) is 0 Å². The van der Waals surface area contributed by atoms with Crippen molar-refractivity contribution in [2.24, 2.45) is 0 Å². The minimum atomic E-state index is -1.83. The highest BCUT2D eigenvalue weighted by Gasteiger charge is 2.28. The Kier molecular flexibility index (Phi) is 4.35. The Morgan fingerprint density at radius 2 is 2.00 bits per heavy atom. The summed E-state index contributed by atoms with van der Waals surface area (Å²) >= 11 is 0. The quantitative estimate of drug-likeness (QED) is 0.504. The number of nitro benzene ring substituents is 1. The summed E-state index contributed by atoms with van der Waals surface area (Å²) in [6.45, 7) is 1.40. The van der Waals surface area contributed by atoms with Gasteiger partial charge in [-0.25, -0.2) is 4.79 Å². The van der Waals surface area contributed by atoms with Gasteiger partial charge < -0.3 is 15.5 Å². The van der Waals surface area contributed by atoms with Gasteiger partial charge in [-0.1, -0.05) is 12.1 Å². The highest BCUT2D eigenvalue weighted by Crippen LogP contribution is 2.11. The van der Waals surface area contributed by atoms with Crippen LogP contribution in [0.2, 0.25) is 0 Å². The van der Waals surface area contributed by atoms with E-state index in [9.17, 15) is 20.0 Å². The summed E-state index contributed by atoms with van der Waals surface area (Å²) in [6.07, 6.45) is 0. The number of nitrogens with one attached hydrogen (secondary N) is 1. The van der Waals surface area contributed by atoms with E-state index < -0.39 is 16.5 Å². The minimum Gasteiger partial charge on any atom is -0.479 e. The van der Waals surface area contributed by atoms with E-state index in [0.717, 1.165) is 5.56 Å². The maximum absolute atomic E-state index is 10.6. The first kappa shape index (κ1) is 14.1. The fourth-order valence-electron chi connectivity index (χ4n) is 1.26. The second-order valence-electron chi connectivity index (χ2n) is 4.11. The van der Waals surface area contributed by atoms with Crippen molar-refractivity contribution in [3.8, 4) is 0 Å². The number of aliphatic hydroxyl groups is 1. The molecule has 7 nitrogen and oxygen atoms in total. The number of carboxylic acid groups (broad SMARTS) is 1. The Balaban J connectivity index is 2.50. The molecular weight excluding hydrogens is 240 g/mol. The zero-order valence-electron chi connectivity index (χ0n) is 9.79. The molecule has 1 aromatic rings. The van der Waals surface area contributed by atoms with Crippen molar-refractivity contribution in [2.75, 3.05) is 6.54 Å². The molecular formula is C11H14N2O5. The Bertz CT molecular complexity index is 441. The number of aliphatic carboxylic acids is 1. The van der Waals surface area contributed by atoms with Crippen molar-refractivity contribution in [3.63, 3.8) is 0 Å². The lowest BCUT2D eigenvalue weighted by atomic mass is 10.1. The van der Waals surface area contributed by atoms with Crippen LogP contribution < -0.4 is 5.32 Å². The smallest absolute Gasteiger partial charge is 0.336 e. The van der Waals surface area contributed by atoms with Crippen LogP contribution in [0.5, 0.6) is 0 Å². The first-order valence-electron chi connectivity index (χ1n) is 5.23. The summed E-state index contributed by atoms with van der Waals surface area (Å²) < 4.78 is 0. The average Bonchev–Trinajstić information content (AvgIpc) is 2.29. The van der Waals surface area contributed by atoms with E-state index in [2.05, 4.69) is 5.32 Å². The normalized spacial score (nSPS) is 13.9. The topological polar surface area (TPSA) is 113 Å². The summed E-state index contributed by atoms with van der Waals surface area (Å²) in [7, 11) is 0. The van der Waals surface area contributed by atoms with Crippen molar-refractivity contribution in [1.29, 1.82) is 0 Å². The first-order valence-corrected chi connectivity index (χ1v) is 5.23. The van der Waals surface area contributed by atoms with Crippen molar-refractivity contribution in [1.82, 2.24) is 5.32 Å². The van der Waals surface area contributed by atoms with Gasteiger partial charge in [0.25, 0.3) is 5.69 Å². The predicted molar refractivity (Wildman–Crippen MR) is 63.1 cm³/mol. The summed E-state index contributed by atoms with van der Waals surface area (Å²) in [5.41, 5.74) is -1.07. The number of carbonyl (C=O) groups is 1. The second-order valence-corrected chi connectivity index (χ2v) is 4.11. The van der Waals surface area contributed by atoms with Gasteiger partial charge in [-0.2, -0.15) is 0 Å². The molecule has 1 atom stereocenters. The molecule has 1 unspecified atom stereocenters. The molecule has 0 aliphatic rings. The van der Waals surface area contributed by atoms with Crippen molar-refractivity contribution in [3.05, 3.63) is 39.9 Å². The van der Waals surface area contributed by atoms with Gasteiger partial charge in [0.1, 0.15) is 0 Å². The number of nitrogens with zero attached hydrogens (tertiary/aromatic N) is 1. The molecule has 1 rings (SSSR count). The number of hydrogen-bond acceptors (Lipinski definition) is 5. The zero-order chi connectivity index (χ0) is 13.8. The standard InChI is InChI=1S/C11H14N2O5/c1-11(16,10(14)15)7-12-6-8-2-4-9(5-3-8)13(17)18/h2-5,12,16H,6-7H2,1H3,(H,14,15). The van der Waals surface area contributed by atoms with Gasteiger partial charge in [0.2, 0.25) is 0 Å². The lowest BCUT2D eigenvalue weighted by Crippen LogP contribution is -2.44. The van der Waals surface area contributed by atoms with Crippen LogP contribution in [0, 0.1) is 10.1 Å². The molecule has 1 aromatic carbocycles. The number of benzene rings is 1. The molecule has 0 bridgehead atoms. The second kappa shape index (κ2) is 5.56. The van der Waals surface area contributed by atoms with Crippen LogP contribution in [0.4, 0.5) is 5.69 Å². The van der Waals surface area contributed by atoms with Crippen LogP contribution >= 0.6 is 0 Å². The lowest BCUT2D eigenvalue weighted by Gasteiger charge is -2.18. The molecule has 0 aliphatic carbocycles. The van der Waals surface area contributed by atoms with Gasteiger partial charge >= 0.3 is 5.97 Å². The summed E-state index contributed by atoms with van der Waals surface area (Å²) in [5, 5.41) is 31.3. The number of rotatable bonds is 6. The fourth-order valence-corrected chi connectivity index (χ4v) is 1.26. The van der Waals surface area contributed by atoms with Crippen LogP contribution in [0.15, 0.2) is 24.3 Å². The van der Waals surface area contributed by atoms with Gasteiger partial charge in [-0.05, 0) is 12.5 Å².